The molecule has 0 radical (unpaired) electrons. The molecule has 0 aliphatic heterocycles. The highest BCUT2D eigenvalue weighted by Crippen LogP contribution is 2.35. The molecule has 26 heavy (non-hydrogen) atoms. The second kappa shape index (κ2) is 9.77. The van der Waals surface area contributed by atoms with Crippen LogP contribution in [0.5, 0.6) is 17.2 Å². The molecule has 2 aromatic carbocycles. The van der Waals surface area contributed by atoms with Gasteiger partial charge in [0.15, 0.2) is 0 Å². The summed E-state index contributed by atoms with van der Waals surface area (Å²) in [4.78, 5) is 12.0. The number of halogens is 1. The van der Waals surface area contributed by atoms with Gasteiger partial charge in [-0.3, -0.25) is 0 Å². The molecule has 0 heterocycles. The van der Waals surface area contributed by atoms with Gasteiger partial charge in [0.2, 0.25) is 0 Å². The Balaban J connectivity index is 1.77. The number of aryl methyl sites for hydroxylation is 1. The maximum absolute atomic E-state index is 12.0. The largest absolute Gasteiger partial charge is 0.495 e. The normalized spacial score (nSPS) is 10.2. The minimum Gasteiger partial charge on any atom is -0.495 e. The lowest BCUT2D eigenvalue weighted by molar-refractivity contribution is 0.250. The number of ether oxygens (including phenoxy) is 3. The van der Waals surface area contributed by atoms with E-state index in [4.69, 9.17) is 25.8 Å². The molecule has 7 heteroatoms. The van der Waals surface area contributed by atoms with Crippen LogP contribution in [0.1, 0.15) is 12.0 Å². The van der Waals surface area contributed by atoms with E-state index in [0.29, 0.717) is 41.8 Å². The molecule has 0 unspecified atom stereocenters. The van der Waals surface area contributed by atoms with Crippen molar-refractivity contribution in [2.24, 2.45) is 0 Å². The van der Waals surface area contributed by atoms with Gasteiger partial charge < -0.3 is 24.8 Å². The number of hydrogen-bond donors (Lipinski definition) is 2. The Labute approximate surface area is 158 Å². The van der Waals surface area contributed by atoms with E-state index in [1.807, 2.05) is 31.2 Å². The fourth-order valence-electron chi connectivity index (χ4n) is 2.22. The summed E-state index contributed by atoms with van der Waals surface area (Å²) >= 11 is 6.05. The van der Waals surface area contributed by atoms with Crippen molar-refractivity contribution in [2.75, 3.05) is 32.7 Å². The molecule has 0 atom stereocenters. The highest BCUT2D eigenvalue weighted by molar-refractivity contribution is 6.32. The van der Waals surface area contributed by atoms with E-state index in [0.717, 1.165) is 5.75 Å². The topological polar surface area (TPSA) is 68.8 Å². The number of rotatable bonds is 8. The monoisotopic (exact) mass is 378 g/mol. The molecular weight excluding hydrogens is 356 g/mol. The van der Waals surface area contributed by atoms with Crippen LogP contribution >= 0.6 is 11.6 Å². The van der Waals surface area contributed by atoms with Gasteiger partial charge in [0.05, 0.1) is 31.5 Å². The Bertz CT molecular complexity index is 735. The van der Waals surface area contributed by atoms with Crippen LogP contribution in [0.4, 0.5) is 10.5 Å². The van der Waals surface area contributed by atoms with E-state index in [9.17, 15) is 4.79 Å². The van der Waals surface area contributed by atoms with Gasteiger partial charge in [-0.2, -0.15) is 0 Å². The lowest BCUT2D eigenvalue weighted by Gasteiger charge is -2.14. The quantitative estimate of drug-likeness (QED) is 0.673. The molecule has 0 bridgehead atoms. The third kappa shape index (κ3) is 5.74. The van der Waals surface area contributed by atoms with Crippen molar-refractivity contribution >= 4 is 23.3 Å². The predicted molar refractivity (Wildman–Crippen MR) is 103 cm³/mol. The molecule has 140 valence electrons. The Morgan fingerprint density at radius 2 is 1.77 bits per heavy atom. The van der Waals surface area contributed by atoms with Crippen molar-refractivity contribution in [3.63, 3.8) is 0 Å². The first-order chi connectivity index (χ1) is 12.5. The summed E-state index contributed by atoms with van der Waals surface area (Å²) in [5.41, 5.74) is 1.66. The number of nitrogens with one attached hydrogen (secondary N) is 2. The zero-order valence-electron chi connectivity index (χ0n) is 15.1. The Morgan fingerprint density at radius 3 is 2.42 bits per heavy atom. The number of hydrogen-bond acceptors (Lipinski definition) is 4. The van der Waals surface area contributed by atoms with Gasteiger partial charge in [0.25, 0.3) is 0 Å². The van der Waals surface area contributed by atoms with Crippen molar-refractivity contribution in [1.29, 1.82) is 0 Å². The maximum atomic E-state index is 12.0. The van der Waals surface area contributed by atoms with Crippen molar-refractivity contribution < 1.29 is 19.0 Å². The van der Waals surface area contributed by atoms with Gasteiger partial charge in [-0.1, -0.05) is 29.3 Å². The minimum atomic E-state index is -0.344. The molecule has 0 aliphatic carbocycles. The molecule has 0 aliphatic rings. The van der Waals surface area contributed by atoms with Crippen LogP contribution in [0.25, 0.3) is 0 Å². The highest BCUT2D eigenvalue weighted by atomic mass is 35.5. The first kappa shape index (κ1) is 19.7. The van der Waals surface area contributed by atoms with E-state index in [1.54, 1.807) is 12.1 Å². The van der Waals surface area contributed by atoms with Gasteiger partial charge in [-0.05, 0) is 25.5 Å². The molecule has 0 saturated heterocycles. The van der Waals surface area contributed by atoms with Crippen molar-refractivity contribution in [2.45, 2.75) is 13.3 Å². The molecule has 2 amide bonds. The maximum Gasteiger partial charge on any atom is 0.319 e. The van der Waals surface area contributed by atoms with E-state index >= 15 is 0 Å². The number of amides is 2. The summed E-state index contributed by atoms with van der Waals surface area (Å²) in [5.74, 6) is 1.72. The van der Waals surface area contributed by atoms with Crippen molar-refractivity contribution in [3.8, 4) is 17.2 Å². The zero-order valence-corrected chi connectivity index (χ0v) is 15.9. The van der Waals surface area contributed by atoms with Crippen LogP contribution < -0.4 is 24.8 Å². The average Bonchev–Trinajstić information content (AvgIpc) is 2.64. The lowest BCUT2D eigenvalue weighted by atomic mass is 10.2. The molecule has 0 spiro atoms. The molecular formula is C19H23ClN2O4. The molecule has 0 saturated carbocycles. The molecule has 0 fully saturated rings. The Kier molecular flexibility index (Phi) is 7.41. The van der Waals surface area contributed by atoms with E-state index < -0.39 is 0 Å². The first-order valence-corrected chi connectivity index (χ1v) is 8.57. The first-order valence-electron chi connectivity index (χ1n) is 8.19. The molecule has 2 N–H and O–H groups in total. The zero-order chi connectivity index (χ0) is 18.9. The highest BCUT2D eigenvalue weighted by Gasteiger charge is 2.12. The lowest BCUT2D eigenvalue weighted by Crippen LogP contribution is -2.30. The fourth-order valence-corrected chi connectivity index (χ4v) is 2.45. The van der Waals surface area contributed by atoms with Gasteiger partial charge >= 0.3 is 6.03 Å². The second-order valence-electron chi connectivity index (χ2n) is 5.58. The number of urea groups is 1. The van der Waals surface area contributed by atoms with Crippen LogP contribution in [-0.2, 0) is 0 Å². The van der Waals surface area contributed by atoms with Crippen molar-refractivity contribution in [1.82, 2.24) is 5.32 Å². The summed E-state index contributed by atoms with van der Waals surface area (Å²) in [7, 11) is 3.01. The van der Waals surface area contributed by atoms with Gasteiger partial charge in [0.1, 0.15) is 17.2 Å². The molecule has 6 nitrogen and oxygen atoms in total. The van der Waals surface area contributed by atoms with Crippen LogP contribution in [0.2, 0.25) is 5.02 Å². The van der Waals surface area contributed by atoms with Gasteiger partial charge in [-0.15, -0.1) is 0 Å². The summed E-state index contributed by atoms with van der Waals surface area (Å²) in [5, 5.41) is 5.90. The summed E-state index contributed by atoms with van der Waals surface area (Å²) in [6.45, 7) is 3.02. The summed E-state index contributed by atoms with van der Waals surface area (Å²) < 4.78 is 16.0. The number of benzene rings is 2. The number of methoxy groups -OCH3 is 2. The summed E-state index contributed by atoms with van der Waals surface area (Å²) in [6.07, 6.45) is 0.683. The van der Waals surface area contributed by atoms with Gasteiger partial charge in [-0.25, -0.2) is 4.79 Å². The number of carbonyl (C=O) groups is 1. The van der Waals surface area contributed by atoms with Crippen LogP contribution in [0.15, 0.2) is 36.4 Å². The average molecular weight is 379 g/mol. The van der Waals surface area contributed by atoms with E-state index in [-0.39, 0.29) is 6.03 Å². The SMILES string of the molecule is COc1cc(NC(=O)NCCCOc2ccc(C)cc2)c(OC)cc1Cl. The second-order valence-corrected chi connectivity index (χ2v) is 5.99. The standard InChI is InChI=1S/C19H23ClN2O4/c1-13-5-7-14(8-6-13)26-10-4-9-21-19(23)22-16-12-17(24-2)15(20)11-18(16)25-3/h5-8,11-12H,4,9-10H2,1-3H3,(H2,21,22,23). The van der Waals surface area contributed by atoms with E-state index in [2.05, 4.69) is 10.6 Å². The third-order valence-corrected chi connectivity index (χ3v) is 3.91. The predicted octanol–water partition coefficient (Wildman–Crippen LogP) is 4.26. The molecule has 2 rings (SSSR count). The van der Waals surface area contributed by atoms with Crippen LogP contribution in [-0.4, -0.2) is 33.4 Å². The number of carbonyl (C=O) groups excluding carboxylic acids is 1. The Morgan fingerprint density at radius 1 is 1.08 bits per heavy atom. The molecule has 2 aromatic rings. The smallest absolute Gasteiger partial charge is 0.319 e. The fraction of sp³-hybridized carbons (Fsp3) is 0.316. The Hall–Kier alpha value is -2.60. The van der Waals surface area contributed by atoms with Crippen LogP contribution in [0.3, 0.4) is 0 Å². The number of anilines is 1. The van der Waals surface area contributed by atoms with Crippen LogP contribution in [0, 0.1) is 6.92 Å². The van der Waals surface area contributed by atoms with E-state index in [1.165, 1.54) is 19.8 Å². The van der Waals surface area contributed by atoms with Crippen molar-refractivity contribution in [3.05, 3.63) is 47.0 Å². The third-order valence-electron chi connectivity index (χ3n) is 3.62. The molecule has 0 aromatic heterocycles. The van der Waals surface area contributed by atoms with Gasteiger partial charge in [0, 0.05) is 18.7 Å². The summed E-state index contributed by atoms with van der Waals surface area (Å²) in [6, 6.07) is 10.7. The minimum absolute atomic E-state index is 0.344.